The second-order valence-corrected chi connectivity index (χ2v) is 6.17. The summed E-state index contributed by atoms with van der Waals surface area (Å²) in [5, 5.41) is 17.7. The maximum absolute atomic E-state index is 11.8. The van der Waals surface area contributed by atoms with Gasteiger partial charge in [0.25, 0.3) is 0 Å². The van der Waals surface area contributed by atoms with E-state index in [0.29, 0.717) is 32.2 Å². The van der Waals surface area contributed by atoms with Crippen molar-refractivity contribution >= 4 is 10.0 Å². The van der Waals surface area contributed by atoms with Crippen molar-refractivity contribution < 1.29 is 13.5 Å². The third kappa shape index (κ3) is 4.08. The molecule has 6 heteroatoms. The molecule has 1 rings (SSSR count). The molecule has 1 unspecified atom stereocenters. The number of sulfonamides is 1. The topological polar surface area (TPSA) is 81.4 Å². The molecule has 1 N–H and O–H groups in total. The Balaban J connectivity index is 2.41. The van der Waals surface area contributed by atoms with Gasteiger partial charge in [0, 0.05) is 19.5 Å². The molecule has 1 atom stereocenters. The van der Waals surface area contributed by atoms with Gasteiger partial charge in [0.15, 0.2) is 0 Å². The fourth-order valence-corrected chi connectivity index (χ4v) is 3.42. The smallest absolute Gasteiger partial charge is 0.214 e. The first kappa shape index (κ1) is 13.4. The second kappa shape index (κ2) is 6.18. The molecule has 1 saturated heterocycles. The van der Waals surface area contributed by atoms with E-state index in [4.69, 9.17) is 5.26 Å². The number of aliphatic hydroxyl groups is 1. The molecule has 1 fully saturated rings. The number of unbranched alkanes of at least 4 members (excludes halogenated alkanes) is 2. The number of rotatable bonds is 5. The molecule has 0 radical (unpaired) electrons. The monoisotopic (exact) mass is 246 g/mol. The summed E-state index contributed by atoms with van der Waals surface area (Å²) in [5.74, 6) is 0.0847. The van der Waals surface area contributed by atoms with Gasteiger partial charge in [-0.15, -0.1) is 0 Å². The van der Waals surface area contributed by atoms with Crippen molar-refractivity contribution in [1.82, 2.24) is 4.31 Å². The zero-order valence-electron chi connectivity index (χ0n) is 9.30. The Bertz CT molecular complexity index is 348. The van der Waals surface area contributed by atoms with Crippen LogP contribution in [0.5, 0.6) is 0 Å². The van der Waals surface area contributed by atoms with Crippen LogP contribution in [0.2, 0.25) is 0 Å². The number of hydrogen-bond acceptors (Lipinski definition) is 4. The van der Waals surface area contributed by atoms with Gasteiger partial charge in [-0.05, 0) is 25.7 Å². The third-order valence-electron chi connectivity index (χ3n) is 2.69. The number of nitriles is 1. The van der Waals surface area contributed by atoms with Gasteiger partial charge in [0.2, 0.25) is 10.0 Å². The minimum Gasteiger partial charge on any atom is -0.392 e. The lowest BCUT2D eigenvalue weighted by molar-refractivity contribution is 0.108. The van der Waals surface area contributed by atoms with E-state index < -0.39 is 16.1 Å². The highest BCUT2D eigenvalue weighted by molar-refractivity contribution is 7.89. The fourth-order valence-electron chi connectivity index (χ4n) is 1.79. The standard InChI is InChI=1S/C10H18N2O3S/c11-6-2-1-3-8-16(14,15)12-7-4-5-10(13)9-12/h10,13H,1-5,7-9H2. The van der Waals surface area contributed by atoms with Crippen LogP contribution in [-0.2, 0) is 10.0 Å². The minimum absolute atomic E-state index is 0.0847. The molecular formula is C10H18N2O3S. The average Bonchev–Trinajstić information content (AvgIpc) is 2.24. The summed E-state index contributed by atoms with van der Waals surface area (Å²) in [7, 11) is -3.23. The van der Waals surface area contributed by atoms with Crippen molar-refractivity contribution in [1.29, 1.82) is 5.26 Å². The van der Waals surface area contributed by atoms with Crippen molar-refractivity contribution in [3.63, 3.8) is 0 Å². The van der Waals surface area contributed by atoms with Gasteiger partial charge in [-0.3, -0.25) is 0 Å². The summed E-state index contributed by atoms with van der Waals surface area (Å²) in [6.45, 7) is 0.734. The lowest BCUT2D eigenvalue weighted by Crippen LogP contribution is -2.43. The molecule has 5 nitrogen and oxygen atoms in total. The van der Waals surface area contributed by atoms with Crippen LogP contribution in [0.15, 0.2) is 0 Å². The molecule has 1 heterocycles. The van der Waals surface area contributed by atoms with E-state index in [9.17, 15) is 13.5 Å². The van der Waals surface area contributed by atoms with Gasteiger partial charge in [-0.2, -0.15) is 9.57 Å². The van der Waals surface area contributed by atoms with Crippen molar-refractivity contribution in [3.8, 4) is 6.07 Å². The summed E-state index contributed by atoms with van der Waals surface area (Å²) in [6.07, 6.45) is 2.41. The molecule has 1 aliphatic rings. The van der Waals surface area contributed by atoms with Crippen LogP contribution < -0.4 is 0 Å². The van der Waals surface area contributed by atoms with Crippen molar-refractivity contribution in [2.75, 3.05) is 18.8 Å². The van der Waals surface area contributed by atoms with Crippen molar-refractivity contribution in [2.24, 2.45) is 0 Å². The number of hydrogen-bond donors (Lipinski definition) is 1. The first-order chi connectivity index (χ1) is 7.56. The molecule has 0 aliphatic carbocycles. The van der Waals surface area contributed by atoms with Crippen LogP contribution in [0.1, 0.15) is 32.1 Å². The highest BCUT2D eigenvalue weighted by Gasteiger charge is 2.27. The quantitative estimate of drug-likeness (QED) is 0.715. The molecule has 0 spiro atoms. The van der Waals surface area contributed by atoms with Crippen LogP contribution in [0.3, 0.4) is 0 Å². The van der Waals surface area contributed by atoms with Gasteiger partial charge >= 0.3 is 0 Å². The highest BCUT2D eigenvalue weighted by Crippen LogP contribution is 2.15. The molecular weight excluding hydrogens is 228 g/mol. The summed E-state index contributed by atoms with van der Waals surface area (Å²) >= 11 is 0. The molecule has 92 valence electrons. The maximum Gasteiger partial charge on any atom is 0.214 e. The fraction of sp³-hybridized carbons (Fsp3) is 0.900. The van der Waals surface area contributed by atoms with Gasteiger partial charge < -0.3 is 5.11 Å². The van der Waals surface area contributed by atoms with Crippen LogP contribution in [0, 0.1) is 11.3 Å². The Labute approximate surface area is 96.7 Å². The highest BCUT2D eigenvalue weighted by atomic mass is 32.2. The summed E-state index contributed by atoms with van der Waals surface area (Å²) < 4.78 is 25.0. The second-order valence-electron chi connectivity index (χ2n) is 4.09. The third-order valence-corrected chi connectivity index (χ3v) is 4.62. The van der Waals surface area contributed by atoms with E-state index in [-0.39, 0.29) is 12.3 Å². The van der Waals surface area contributed by atoms with Crippen LogP contribution in [0.25, 0.3) is 0 Å². The zero-order chi connectivity index (χ0) is 12.0. The Kier molecular flexibility index (Phi) is 5.19. The van der Waals surface area contributed by atoms with Gasteiger partial charge in [-0.25, -0.2) is 8.42 Å². The van der Waals surface area contributed by atoms with E-state index in [2.05, 4.69) is 0 Å². The lowest BCUT2D eigenvalue weighted by atomic mass is 10.1. The number of aliphatic hydroxyl groups excluding tert-OH is 1. The molecule has 0 bridgehead atoms. The largest absolute Gasteiger partial charge is 0.392 e. The Morgan fingerprint density at radius 1 is 1.44 bits per heavy atom. The van der Waals surface area contributed by atoms with E-state index in [0.717, 1.165) is 6.42 Å². The average molecular weight is 246 g/mol. The first-order valence-electron chi connectivity index (χ1n) is 5.59. The summed E-state index contributed by atoms with van der Waals surface area (Å²) in [6, 6.07) is 1.99. The minimum atomic E-state index is -3.23. The predicted octanol–water partition coefficient (Wildman–Crippen LogP) is 0.467. The normalized spacial score (nSPS) is 22.9. The maximum atomic E-state index is 11.8. The van der Waals surface area contributed by atoms with E-state index in [1.54, 1.807) is 0 Å². The van der Waals surface area contributed by atoms with Crippen LogP contribution in [-0.4, -0.2) is 42.8 Å². The summed E-state index contributed by atoms with van der Waals surface area (Å²) in [5.41, 5.74) is 0. The van der Waals surface area contributed by atoms with Gasteiger partial charge in [0.1, 0.15) is 0 Å². The van der Waals surface area contributed by atoms with Crippen LogP contribution in [0.4, 0.5) is 0 Å². The predicted molar refractivity (Wildman–Crippen MR) is 60.1 cm³/mol. The van der Waals surface area contributed by atoms with Crippen molar-refractivity contribution in [2.45, 2.75) is 38.2 Å². The van der Waals surface area contributed by atoms with Gasteiger partial charge in [-0.1, -0.05) is 0 Å². The molecule has 0 saturated carbocycles. The Morgan fingerprint density at radius 2 is 2.19 bits per heavy atom. The SMILES string of the molecule is N#CCCCCS(=O)(=O)N1CCCC(O)C1. The van der Waals surface area contributed by atoms with E-state index in [1.165, 1.54) is 4.31 Å². The Hall–Kier alpha value is -0.640. The molecule has 0 aromatic carbocycles. The van der Waals surface area contributed by atoms with Gasteiger partial charge in [0.05, 0.1) is 17.9 Å². The van der Waals surface area contributed by atoms with Crippen molar-refractivity contribution in [3.05, 3.63) is 0 Å². The van der Waals surface area contributed by atoms with Crippen LogP contribution >= 0.6 is 0 Å². The number of nitrogens with zero attached hydrogens (tertiary/aromatic N) is 2. The lowest BCUT2D eigenvalue weighted by Gasteiger charge is -2.29. The van der Waals surface area contributed by atoms with E-state index in [1.807, 2.05) is 6.07 Å². The van der Waals surface area contributed by atoms with E-state index >= 15 is 0 Å². The first-order valence-corrected chi connectivity index (χ1v) is 7.20. The molecule has 0 amide bonds. The Morgan fingerprint density at radius 3 is 2.81 bits per heavy atom. The number of β-amino-alcohol motifs (C(OH)–C–C–N with tert-alkyl or cyclic N) is 1. The molecule has 16 heavy (non-hydrogen) atoms. The molecule has 0 aromatic heterocycles. The summed E-state index contributed by atoms with van der Waals surface area (Å²) in [4.78, 5) is 0. The molecule has 1 aliphatic heterocycles. The number of piperidine rings is 1. The zero-order valence-corrected chi connectivity index (χ0v) is 10.1. The molecule has 0 aromatic rings.